The van der Waals surface area contributed by atoms with E-state index in [1.54, 1.807) is 0 Å². The third kappa shape index (κ3) is 6.40. The van der Waals surface area contributed by atoms with Crippen LogP contribution in [0.25, 0.3) is 71.6 Å². The summed E-state index contributed by atoms with van der Waals surface area (Å²) in [5.74, 6) is 0.359. The summed E-state index contributed by atoms with van der Waals surface area (Å²) < 4.78 is 2.44. The van der Waals surface area contributed by atoms with Gasteiger partial charge in [-0.2, -0.15) is 0 Å². The fraction of sp³-hybridized carbons (Fsp3) is 0.0345. The molecule has 1 atom stereocenters. The van der Waals surface area contributed by atoms with Crippen LogP contribution in [-0.2, 0) is 0 Å². The number of allylic oxidation sites excluding steroid dienone is 4. The molecule has 1 heterocycles. The lowest BCUT2D eigenvalue weighted by atomic mass is 9.87. The van der Waals surface area contributed by atoms with Crippen molar-refractivity contribution in [2.75, 3.05) is 4.90 Å². The predicted octanol–water partition coefficient (Wildman–Crippen LogP) is 16.0. The standard InChI is InChI=1S/C58H42N2/c1-5-17-41(18-6-1)46-37-47(42-19-7-2-8-20-42)39-48(38-46)43-31-34-51(35-32-43)59(49-23-9-3-10-24-49)52-27-15-22-45(40-52)53-29-16-30-56-57(53)55-36-33-44-21-13-14-28-54(44)58(55)60(56)50-25-11-4-12-26-50/h1-19,21-40,42H,20H2. The molecular weight excluding hydrogens is 725 g/mol. The molecule has 0 saturated carbocycles. The van der Waals surface area contributed by atoms with Gasteiger partial charge in [-0.15, -0.1) is 0 Å². The van der Waals surface area contributed by atoms with Crippen LogP contribution in [0.15, 0.2) is 237 Å². The summed E-state index contributed by atoms with van der Waals surface area (Å²) in [6, 6.07) is 77.5. The van der Waals surface area contributed by atoms with Crippen molar-refractivity contribution in [1.29, 1.82) is 0 Å². The van der Waals surface area contributed by atoms with E-state index in [1.165, 1.54) is 71.5 Å². The van der Waals surface area contributed by atoms with E-state index in [2.05, 4.69) is 246 Å². The second kappa shape index (κ2) is 15.2. The van der Waals surface area contributed by atoms with Crippen LogP contribution in [0.2, 0.25) is 0 Å². The number of fused-ring (bicyclic) bond motifs is 5. The molecule has 1 aliphatic carbocycles. The van der Waals surface area contributed by atoms with Crippen LogP contribution >= 0.6 is 0 Å². The Hall–Kier alpha value is -7.68. The normalized spacial score (nSPS) is 13.6. The molecule has 2 nitrogen and oxygen atoms in total. The topological polar surface area (TPSA) is 8.17 Å². The van der Waals surface area contributed by atoms with Crippen molar-refractivity contribution in [1.82, 2.24) is 4.57 Å². The Kier molecular flexibility index (Phi) is 9.02. The van der Waals surface area contributed by atoms with Gasteiger partial charge in [-0.25, -0.2) is 0 Å². The smallest absolute Gasteiger partial charge is 0.0619 e. The highest BCUT2D eigenvalue weighted by Crippen LogP contribution is 2.44. The summed E-state index contributed by atoms with van der Waals surface area (Å²) >= 11 is 0. The maximum absolute atomic E-state index is 2.44. The van der Waals surface area contributed by atoms with Gasteiger partial charge in [-0.1, -0.05) is 176 Å². The zero-order valence-electron chi connectivity index (χ0n) is 33.2. The maximum atomic E-state index is 2.44. The van der Waals surface area contributed by atoms with E-state index in [4.69, 9.17) is 0 Å². The molecule has 10 aromatic rings. The van der Waals surface area contributed by atoms with E-state index in [1.807, 2.05) is 0 Å². The van der Waals surface area contributed by atoms with Crippen LogP contribution in [-0.4, -0.2) is 4.57 Å². The highest BCUT2D eigenvalue weighted by Gasteiger charge is 2.20. The molecule has 0 amide bonds. The number of nitrogens with zero attached hydrogens (tertiary/aromatic N) is 2. The van der Waals surface area contributed by atoms with E-state index in [-0.39, 0.29) is 0 Å². The SMILES string of the molecule is C1=CCC(c2cc(-c3ccccc3)cc(-c3ccc(N(c4ccccc4)c4cccc(-c5cccc6c5c5ccc7ccccc7c5n6-c5ccccc5)c4)cc3)c2)C=C1. The van der Waals surface area contributed by atoms with Gasteiger partial charge < -0.3 is 9.47 Å². The van der Waals surface area contributed by atoms with Crippen LogP contribution in [0.3, 0.4) is 0 Å². The summed E-state index contributed by atoms with van der Waals surface area (Å²) in [6.07, 6.45) is 9.94. The highest BCUT2D eigenvalue weighted by molar-refractivity contribution is 6.22. The van der Waals surface area contributed by atoms with E-state index in [0.29, 0.717) is 5.92 Å². The molecule has 1 unspecified atom stereocenters. The Morgan fingerprint density at radius 1 is 0.433 bits per heavy atom. The quantitative estimate of drug-likeness (QED) is 0.150. The van der Waals surface area contributed by atoms with Crippen LogP contribution in [0.1, 0.15) is 17.9 Å². The molecule has 60 heavy (non-hydrogen) atoms. The molecule has 0 aliphatic heterocycles. The van der Waals surface area contributed by atoms with Crippen LogP contribution in [0.4, 0.5) is 17.1 Å². The summed E-state index contributed by atoms with van der Waals surface area (Å²) in [7, 11) is 0. The third-order valence-corrected chi connectivity index (χ3v) is 12.1. The van der Waals surface area contributed by atoms with Crippen molar-refractivity contribution < 1.29 is 0 Å². The Morgan fingerprint density at radius 2 is 1.08 bits per heavy atom. The first-order chi connectivity index (χ1) is 29.8. The molecule has 9 aromatic carbocycles. The molecule has 0 fully saturated rings. The number of anilines is 3. The molecule has 0 radical (unpaired) electrons. The Bertz CT molecular complexity index is 3210. The third-order valence-electron chi connectivity index (χ3n) is 12.1. The van der Waals surface area contributed by atoms with E-state index in [9.17, 15) is 0 Å². The van der Waals surface area contributed by atoms with Gasteiger partial charge in [0.15, 0.2) is 0 Å². The van der Waals surface area contributed by atoms with Crippen molar-refractivity contribution >= 4 is 49.6 Å². The van der Waals surface area contributed by atoms with Crippen molar-refractivity contribution in [3.63, 3.8) is 0 Å². The van der Waals surface area contributed by atoms with Crippen molar-refractivity contribution in [2.45, 2.75) is 12.3 Å². The molecule has 284 valence electrons. The van der Waals surface area contributed by atoms with Gasteiger partial charge in [0, 0.05) is 44.8 Å². The first-order valence-electron chi connectivity index (χ1n) is 20.9. The molecule has 0 bridgehead atoms. The number of rotatable bonds is 8. The van der Waals surface area contributed by atoms with Gasteiger partial charge in [-0.3, -0.25) is 0 Å². The minimum absolute atomic E-state index is 0.359. The molecule has 2 heteroatoms. The first-order valence-corrected chi connectivity index (χ1v) is 20.9. The highest BCUT2D eigenvalue weighted by atomic mass is 15.1. The first kappa shape index (κ1) is 35.5. The van der Waals surface area contributed by atoms with Gasteiger partial charge in [0.1, 0.15) is 0 Å². The summed E-state index contributed by atoms with van der Waals surface area (Å²) in [6.45, 7) is 0. The lowest BCUT2D eigenvalue weighted by Crippen LogP contribution is -2.09. The minimum Gasteiger partial charge on any atom is -0.310 e. The van der Waals surface area contributed by atoms with Crippen molar-refractivity contribution in [3.05, 3.63) is 242 Å². The molecular formula is C58H42N2. The number of para-hydroxylation sites is 2. The molecule has 11 rings (SSSR count). The van der Waals surface area contributed by atoms with E-state index < -0.39 is 0 Å². The van der Waals surface area contributed by atoms with Gasteiger partial charge in [0.05, 0.1) is 11.0 Å². The lowest BCUT2D eigenvalue weighted by molar-refractivity contribution is 0.854. The zero-order valence-corrected chi connectivity index (χ0v) is 33.2. The number of hydrogen-bond donors (Lipinski definition) is 0. The van der Waals surface area contributed by atoms with Crippen LogP contribution < -0.4 is 4.90 Å². The van der Waals surface area contributed by atoms with Crippen LogP contribution in [0.5, 0.6) is 0 Å². The number of hydrogen-bond acceptors (Lipinski definition) is 1. The average molecular weight is 767 g/mol. The van der Waals surface area contributed by atoms with Gasteiger partial charge in [-0.05, 0) is 111 Å². The summed E-state index contributed by atoms with van der Waals surface area (Å²) in [5, 5.41) is 4.99. The Morgan fingerprint density at radius 3 is 1.85 bits per heavy atom. The van der Waals surface area contributed by atoms with Crippen molar-refractivity contribution in [2.24, 2.45) is 0 Å². The fourth-order valence-corrected chi connectivity index (χ4v) is 9.21. The second-order valence-electron chi connectivity index (χ2n) is 15.7. The molecule has 0 saturated heterocycles. The maximum Gasteiger partial charge on any atom is 0.0619 e. The van der Waals surface area contributed by atoms with E-state index >= 15 is 0 Å². The van der Waals surface area contributed by atoms with Gasteiger partial charge in [0.25, 0.3) is 0 Å². The van der Waals surface area contributed by atoms with Gasteiger partial charge >= 0.3 is 0 Å². The fourth-order valence-electron chi connectivity index (χ4n) is 9.21. The average Bonchev–Trinajstić information content (AvgIpc) is 3.68. The summed E-state index contributed by atoms with van der Waals surface area (Å²) in [5.41, 5.74) is 15.5. The monoisotopic (exact) mass is 766 g/mol. The molecule has 0 N–H and O–H groups in total. The largest absolute Gasteiger partial charge is 0.310 e. The number of aromatic nitrogens is 1. The van der Waals surface area contributed by atoms with E-state index in [0.717, 1.165) is 29.2 Å². The predicted molar refractivity (Wildman–Crippen MR) is 255 cm³/mol. The second-order valence-corrected chi connectivity index (χ2v) is 15.7. The van der Waals surface area contributed by atoms with Gasteiger partial charge in [0.2, 0.25) is 0 Å². The minimum atomic E-state index is 0.359. The molecule has 1 aliphatic rings. The van der Waals surface area contributed by atoms with Crippen LogP contribution in [0, 0.1) is 0 Å². The Balaban J connectivity index is 1.03. The Labute approximate surface area is 351 Å². The zero-order chi connectivity index (χ0) is 39.8. The summed E-state index contributed by atoms with van der Waals surface area (Å²) in [4.78, 5) is 2.37. The molecule has 1 aromatic heterocycles. The molecule has 0 spiro atoms. The van der Waals surface area contributed by atoms with Crippen molar-refractivity contribution in [3.8, 4) is 39.1 Å². The lowest BCUT2D eigenvalue weighted by Gasteiger charge is -2.26. The number of benzene rings is 9.